The number of rotatable bonds is 2. The molecule has 1 aromatic rings. The Hall–Kier alpha value is -2.50. The number of carbonyl (C=O) groups excluding carboxylic acids is 2. The molecular weight excluding hydrogens is 236 g/mol. The van der Waals surface area contributed by atoms with Crippen molar-refractivity contribution < 1.29 is 14.5 Å². The highest BCUT2D eigenvalue weighted by atomic mass is 16.6. The molecule has 6 nitrogen and oxygen atoms in total. The molecule has 1 aliphatic rings. The summed E-state index contributed by atoms with van der Waals surface area (Å²) in [5.41, 5.74) is 0.381. The molecule has 0 atom stereocenters. The highest BCUT2D eigenvalue weighted by Gasteiger charge is 2.37. The number of hydrogen-bond donors (Lipinski definition) is 0. The van der Waals surface area contributed by atoms with E-state index < -0.39 is 16.7 Å². The average Bonchev–Trinajstić information content (AvgIpc) is 2.54. The highest BCUT2D eigenvalue weighted by Crippen LogP contribution is 2.33. The van der Waals surface area contributed by atoms with E-state index >= 15 is 0 Å². The fourth-order valence-corrected chi connectivity index (χ4v) is 1.77. The van der Waals surface area contributed by atoms with Gasteiger partial charge in [0.25, 0.3) is 17.5 Å². The van der Waals surface area contributed by atoms with E-state index in [0.29, 0.717) is 11.1 Å². The van der Waals surface area contributed by atoms with E-state index in [1.165, 1.54) is 32.0 Å². The van der Waals surface area contributed by atoms with Crippen LogP contribution < -0.4 is 4.90 Å². The third-order valence-electron chi connectivity index (χ3n) is 2.93. The minimum Gasteiger partial charge on any atom is -0.269 e. The summed E-state index contributed by atoms with van der Waals surface area (Å²) in [5, 5.41) is 10.9. The second-order valence-corrected chi connectivity index (χ2v) is 3.94. The van der Waals surface area contributed by atoms with Gasteiger partial charge >= 0.3 is 0 Å². The number of carbonyl (C=O) groups is 2. The predicted octanol–water partition coefficient (Wildman–Crippen LogP) is 1.80. The van der Waals surface area contributed by atoms with E-state index in [1.807, 2.05) is 0 Å². The maximum atomic E-state index is 11.9. The van der Waals surface area contributed by atoms with E-state index in [-0.39, 0.29) is 11.4 Å². The molecule has 0 unspecified atom stereocenters. The molecule has 0 N–H and O–H groups in total. The van der Waals surface area contributed by atoms with Gasteiger partial charge in [-0.15, -0.1) is 0 Å². The lowest BCUT2D eigenvalue weighted by molar-refractivity contribution is -0.384. The van der Waals surface area contributed by atoms with Crippen molar-refractivity contribution in [2.24, 2.45) is 0 Å². The number of benzene rings is 1. The topological polar surface area (TPSA) is 80.5 Å². The zero-order valence-corrected chi connectivity index (χ0v) is 9.84. The van der Waals surface area contributed by atoms with Crippen LogP contribution in [0.5, 0.6) is 0 Å². The van der Waals surface area contributed by atoms with Crippen molar-refractivity contribution in [3.05, 3.63) is 45.5 Å². The predicted molar refractivity (Wildman–Crippen MR) is 64.0 cm³/mol. The fraction of sp³-hybridized carbons (Fsp3) is 0.167. The van der Waals surface area contributed by atoms with Gasteiger partial charge in [-0.3, -0.25) is 19.7 Å². The maximum absolute atomic E-state index is 11.9. The molecule has 0 bridgehead atoms. The van der Waals surface area contributed by atoms with Crippen molar-refractivity contribution in [1.29, 1.82) is 0 Å². The molecule has 0 radical (unpaired) electrons. The van der Waals surface area contributed by atoms with Gasteiger partial charge in [0.2, 0.25) is 0 Å². The number of nitrogens with zero attached hydrogens (tertiary/aromatic N) is 2. The van der Waals surface area contributed by atoms with Crippen LogP contribution in [0.15, 0.2) is 35.4 Å². The molecule has 18 heavy (non-hydrogen) atoms. The van der Waals surface area contributed by atoms with Crippen LogP contribution in [0.1, 0.15) is 13.8 Å². The largest absolute Gasteiger partial charge is 0.293 e. The Bertz CT molecular complexity index is 580. The summed E-state index contributed by atoms with van der Waals surface area (Å²) in [6.07, 6.45) is 0. The number of nitro benzene ring substituents is 1. The number of hydrogen-bond acceptors (Lipinski definition) is 4. The third kappa shape index (κ3) is 1.58. The molecule has 1 heterocycles. The first kappa shape index (κ1) is 12.0. The molecule has 92 valence electrons. The van der Waals surface area contributed by atoms with Crippen molar-refractivity contribution in [3.8, 4) is 0 Å². The van der Waals surface area contributed by atoms with Gasteiger partial charge in [0, 0.05) is 17.2 Å². The van der Waals surface area contributed by atoms with Crippen molar-refractivity contribution in [2.45, 2.75) is 13.8 Å². The zero-order chi connectivity index (χ0) is 13.4. The SMILES string of the molecule is CC1=C(C)C(=O)N(c2ccccc2[N+](=O)[O-])C1=O. The summed E-state index contributed by atoms with van der Waals surface area (Å²) < 4.78 is 0. The molecule has 6 heteroatoms. The van der Waals surface area contributed by atoms with Crippen LogP contribution in [0.2, 0.25) is 0 Å². The second kappa shape index (κ2) is 4.06. The number of imide groups is 1. The first-order chi connectivity index (χ1) is 8.45. The number of amides is 2. The maximum Gasteiger partial charge on any atom is 0.293 e. The third-order valence-corrected chi connectivity index (χ3v) is 2.93. The van der Waals surface area contributed by atoms with E-state index in [9.17, 15) is 19.7 Å². The van der Waals surface area contributed by atoms with Crippen LogP contribution in [0.3, 0.4) is 0 Å². The summed E-state index contributed by atoms with van der Waals surface area (Å²) in [6, 6.07) is 5.68. The number of para-hydroxylation sites is 2. The Balaban J connectivity index is 2.56. The molecule has 2 rings (SSSR count). The summed E-state index contributed by atoms with van der Waals surface area (Å²) in [5.74, 6) is -1.02. The Morgan fingerprint density at radius 3 is 2.06 bits per heavy atom. The van der Waals surface area contributed by atoms with Gasteiger partial charge in [0.15, 0.2) is 0 Å². The van der Waals surface area contributed by atoms with Crippen molar-refractivity contribution in [1.82, 2.24) is 0 Å². The van der Waals surface area contributed by atoms with Gasteiger partial charge in [0.05, 0.1) is 4.92 Å². The Labute approximate surface area is 103 Å². The quantitative estimate of drug-likeness (QED) is 0.452. The van der Waals surface area contributed by atoms with Crippen molar-refractivity contribution in [2.75, 3.05) is 4.90 Å². The summed E-state index contributed by atoms with van der Waals surface area (Å²) >= 11 is 0. The summed E-state index contributed by atoms with van der Waals surface area (Å²) in [7, 11) is 0. The van der Waals surface area contributed by atoms with E-state index in [0.717, 1.165) is 4.90 Å². The Morgan fingerprint density at radius 2 is 1.56 bits per heavy atom. The van der Waals surface area contributed by atoms with E-state index in [1.54, 1.807) is 6.07 Å². The second-order valence-electron chi connectivity index (χ2n) is 3.94. The van der Waals surface area contributed by atoms with Crippen molar-refractivity contribution in [3.63, 3.8) is 0 Å². The van der Waals surface area contributed by atoms with Crippen molar-refractivity contribution >= 4 is 23.2 Å². The van der Waals surface area contributed by atoms with Crippen LogP contribution in [0, 0.1) is 10.1 Å². The lowest BCUT2D eigenvalue weighted by atomic mass is 10.2. The molecule has 0 saturated carbocycles. The standard InChI is InChI=1S/C12H10N2O4/c1-7-8(2)12(16)13(11(7)15)9-5-3-4-6-10(9)14(17)18/h3-6H,1-2H3. The lowest BCUT2D eigenvalue weighted by Gasteiger charge is -2.14. The molecule has 1 aromatic carbocycles. The average molecular weight is 246 g/mol. The summed E-state index contributed by atoms with van der Waals surface area (Å²) in [4.78, 5) is 35.0. The van der Waals surface area contributed by atoms with E-state index in [2.05, 4.69) is 0 Å². The molecular formula is C12H10N2O4. The van der Waals surface area contributed by atoms with Gasteiger partial charge in [-0.25, -0.2) is 4.90 Å². The normalized spacial score (nSPS) is 15.6. The molecule has 0 aromatic heterocycles. The molecule has 2 amide bonds. The van der Waals surface area contributed by atoms with Crippen LogP contribution in [-0.4, -0.2) is 16.7 Å². The minimum atomic E-state index is -0.612. The van der Waals surface area contributed by atoms with Crippen LogP contribution in [0.4, 0.5) is 11.4 Å². The monoisotopic (exact) mass is 246 g/mol. The molecule has 0 saturated heterocycles. The van der Waals surface area contributed by atoms with Gasteiger partial charge in [-0.2, -0.15) is 0 Å². The van der Waals surface area contributed by atoms with Gasteiger partial charge in [0.1, 0.15) is 5.69 Å². The number of nitro groups is 1. The van der Waals surface area contributed by atoms with Gasteiger partial charge in [-0.1, -0.05) is 12.1 Å². The first-order valence-electron chi connectivity index (χ1n) is 5.25. The highest BCUT2D eigenvalue weighted by molar-refractivity contribution is 6.33. The lowest BCUT2D eigenvalue weighted by Crippen LogP contribution is -2.31. The smallest absolute Gasteiger partial charge is 0.269 e. The van der Waals surface area contributed by atoms with E-state index in [4.69, 9.17) is 0 Å². The summed E-state index contributed by atoms with van der Waals surface area (Å²) in [6.45, 7) is 3.06. The fourth-order valence-electron chi connectivity index (χ4n) is 1.77. The van der Waals surface area contributed by atoms with Crippen LogP contribution in [-0.2, 0) is 9.59 Å². The first-order valence-corrected chi connectivity index (χ1v) is 5.25. The Morgan fingerprint density at radius 1 is 1.06 bits per heavy atom. The van der Waals surface area contributed by atoms with Crippen LogP contribution in [0.25, 0.3) is 0 Å². The minimum absolute atomic E-state index is 0.00806. The molecule has 0 aliphatic carbocycles. The zero-order valence-electron chi connectivity index (χ0n) is 9.84. The number of anilines is 1. The molecule has 1 aliphatic heterocycles. The Kier molecular flexibility index (Phi) is 2.70. The van der Waals surface area contributed by atoms with Crippen LogP contribution >= 0.6 is 0 Å². The van der Waals surface area contributed by atoms with Gasteiger partial charge < -0.3 is 0 Å². The molecule has 0 spiro atoms. The van der Waals surface area contributed by atoms with Gasteiger partial charge in [-0.05, 0) is 19.9 Å². The molecule has 0 fully saturated rings.